The van der Waals surface area contributed by atoms with Gasteiger partial charge in [-0.3, -0.25) is 0 Å². The molecule has 0 aliphatic heterocycles. The Bertz CT molecular complexity index is 916. The molecule has 2 rings (SSSR count). The first-order chi connectivity index (χ1) is 15.2. The number of hydrogen-bond acceptors (Lipinski definition) is 2. The van der Waals surface area contributed by atoms with Gasteiger partial charge >= 0.3 is 0 Å². The number of aromatic hydroxyl groups is 2. The number of benzene rings is 2. The SMILES string of the molecule is CC(C)(C)c1cc(CCCCc2cc(C(C)(C)C)cc(C(C)(C)C)c2O)c(O)c(C(C)(C)C)c1. The van der Waals surface area contributed by atoms with Gasteiger partial charge in [-0.1, -0.05) is 107 Å². The molecule has 0 aliphatic carbocycles. The van der Waals surface area contributed by atoms with Gasteiger partial charge in [-0.25, -0.2) is 0 Å². The number of aryl methyl sites for hydroxylation is 2. The van der Waals surface area contributed by atoms with Crippen molar-refractivity contribution in [3.05, 3.63) is 57.6 Å². The molecule has 0 heterocycles. The molecule has 0 atom stereocenters. The highest BCUT2D eigenvalue weighted by molar-refractivity contribution is 5.50. The first kappa shape index (κ1) is 28.3. The lowest BCUT2D eigenvalue weighted by Crippen LogP contribution is -2.18. The molecule has 0 fully saturated rings. The molecule has 0 amide bonds. The van der Waals surface area contributed by atoms with Crippen LogP contribution in [0.1, 0.15) is 129 Å². The fourth-order valence-corrected chi connectivity index (χ4v) is 4.41. The largest absolute Gasteiger partial charge is 0.507 e. The minimum atomic E-state index is -0.108. The third-order valence-corrected chi connectivity index (χ3v) is 6.87. The van der Waals surface area contributed by atoms with Crippen LogP contribution in [-0.2, 0) is 34.5 Å². The van der Waals surface area contributed by atoms with Crippen molar-refractivity contribution in [3.8, 4) is 11.5 Å². The van der Waals surface area contributed by atoms with Crippen LogP contribution in [-0.4, -0.2) is 10.2 Å². The molecule has 0 spiro atoms. The molecule has 0 bridgehead atoms. The molecule has 0 aromatic heterocycles. The van der Waals surface area contributed by atoms with E-state index in [4.69, 9.17) is 0 Å². The summed E-state index contributed by atoms with van der Waals surface area (Å²) in [5.41, 5.74) is 6.54. The topological polar surface area (TPSA) is 40.5 Å². The summed E-state index contributed by atoms with van der Waals surface area (Å²) in [6, 6.07) is 8.76. The second-order valence-electron chi connectivity index (χ2n) is 14.3. The Kier molecular flexibility index (Phi) is 7.98. The molecule has 2 aromatic carbocycles. The van der Waals surface area contributed by atoms with Crippen LogP contribution in [0.2, 0.25) is 0 Å². The minimum Gasteiger partial charge on any atom is -0.507 e. The Morgan fingerprint density at radius 3 is 1.00 bits per heavy atom. The highest BCUT2D eigenvalue weighted by atomic mass is 16.3. The zero-order chi connectivity index (χ0) is 26.3. The van der Waals surface area contributed by atoms with Gasteiger partial charge in [-0.05, 0) is 80.7 Å². The fraction of sp³-hybridized carbons (Fsp3) is 0.625. The van der Waals surface area contributed by atoms with E-state index in [9.17, 15) is 10.2 Å². The number of phenolic OH excluding ortho intramolecular Hbond substituents is 2. The van der Waals surface area contributed by atoms with E-state index in [2.05, 4.69) is 107 Å². The fourth-order valence-electron chi connectivity index (χ4n) is 4.41. The number of phenols is 2. The third kappa shape index (κ3) is 6.80. The van der Waals surface area contributed by atoms with Crippen LogP contribution >= 0.6 is 0 Å². The molecule has 190 valence electrons. The van der Waals surface area contributed by atoms with Gasteiger partial charge in [0.1, 0.15) is 11.5 Å². The van der Waals surface area contributed by atoms with E-state index in [1.807, 2.05) is 0 Å². The molecule has 0 saturated carbocycles. The van der Waals surface area contributed by atoms with Crippen LogP contribution in [0.4, 0.5) is 0 Å². The van der Waals surface area contributed by atoms with Crippen molar-refractivity contribution in [1.29, 1.82) is 0 Å². The summed E-state index contributed by atoms with van der Waals surface area (Å²) in [6.45, 7) is 26.4. The summed E-state index contributed by atoms with van der Waals surface area (Å²) in [6.07, 6.45) is 3.61. The summed E-state index contributed by atoms with van der Waals surface area (Å²) in [4.78, 5) is 0. The Morgan fingerprint density at radius 2 is 0.765 bits per heavy atom. The Morgan fingerprint density at radius 1 is 0.471 bits per heavy atom. The molecule has 2 nitrogen and oxygen atoms in total. The summed E-state index contributed by atoms with van der Waals surface area (Å²) < 4.78 is 0. The number of unbranched alkanes of at least 4 members (excludes halogenated alkanes) is 1. The van der Waals surface area contributed by atoms with E-state index >= 15 is 0 Å². The first-order valence-corrected chi connectivity index (χ1v) is 13.0. The summed E-state index contributed by atoms with van der Waals surface area (Å²) >= 11 is 0. The van der Waals surface area contributed by atoms with Crippen molar-refractivity contribution in [2.75, 3.05) is 0 Å². The second kappa shape index (κ2) is 9.59. The maximum Gasteiger partial charge on any atom is 0.122 e. The van der Waals surface area contributed by atoms with Crippen LogP contribution in [0.15, 0.2) is 24.3 Å². The van der Waals surface area contributed by atoms with E-state index in [1.165, 1.54) is 11.1 Å². The summed E-state index contributed by atoms with van der Waals surface area (Å²) in [7, 11) is 0. The van der Waals surface area contributed by atoms with Gasteiger partial charge in [0.15, 0.2) is 0 Å². The van der Waals surface area contributed by atoms with E-state index in [1.54, 1.807) is 0 Å². The standard InChI is InChI=1S/C32H50O2/c1-29(2,3)23-17-21(27(33)25(19-23)31(7,8)9)15-13-14-16-22-18-24(30(4,5)6)20-26(28(22)34)32(10,11)12/h17-20,33-34H,13-16H2,1-12H3. The van der Waals surface area contributed by atoms with Gasteiger partial charge in [0.2, 0.25) is 0 Å². The van der Waals surface area contributed by atoms with Gasteiger partial charge in [-0.2, -0.15) is 0 Å². The van der Waals surface area contributed by atoms with Gasteiger partial charge in [-0.15, -0.1) is 0 Å². The van der Waals surface area contributed by atoms with Crippen molar-refractivity contribution in [3.63, 3.8) is 0 Å². The van der Waals surface area contributed by atoms with Crippen LogP contribution in [0.3, 0.4) is 0 Å². The number of hydrogen-bond donors (Lipinski definition) is 2. The zero-order valence-electron chi connectivity index (χ0n) is 24.0. The Labute approximate surface area is 209 Å². The normalized spacial score (nSPS) is 13.4. The lowest BCUT2D eigenvalue weighted by molar-refractivity contribution is 0.433. The lowest BCUT2D eigenvalue weighted by atomic mass is 9.78. The predicted octanol–water partition coefficient (Wildman–Crippen LogP) is 8.85. The van der Waals surface area contributed by atoms with Crippen LogP contribution < -0.4 is 0 Å². The van der Waals surface area contributed by atoms with E-state index in [0.717, 1.165) is 47.9 Å². The molecule has 2 N–H and O–H groups in total. The van der Waals surface area contributed by atoms with Crippen LogP contribution in [0.25, 0.3) is 0 Å². The van der Waals surface area contributed by atoms with Crippen LogP contribution in [0, 0.1) is 0 Å². The van der Waals surface area contributed by atoms with E-state index < -0.39 is 0 Å². The van der Waals surface area contributed by atoms with Gasteiger partial charge in [0, 0.05) is 0 Å². The van der Waals surface area contributed by atoms with Crippen molar-refractivity contribution < 1.29 is 10.2 Å². The molecular formula is C32H50O2. The zero-order valence-corrected chi connectivity index (χ0v) is 24.0. The molecule has 34 heavy (non-hydrogen) atoms. The smallest absolute Gasteiger partial charge is 0.122 e. The van der Waals surface area contributed by atoms with Crippen molar-refractivity contribution >= 4 is 0 Å². The van der Waals surface area contributed by atoms with E-state index in [-0.39, 0.29) is 21.7 Å². The maximum atomic E-state index is 11.1. The second-order valence-corrected chi connectivity index (χ2v) is 14.3. The monoisotopic (exact) mass is 466 g/mol. The van der Waals surface area contributed by atoms with Crippen molar-refractivity contribution in [1.82, 2.24) is 0 Å². The Balaban J connectivity index is 2.29. The van der Waals surface area contributed by atoms with Gasteiger partial charge in [0.25, 0.3) is 0 Å². The predicted molar refractivity (Wildman–Crippen MR) is 148 cm³/mol. The molecule has 0 radical (unpaired) electrons. The third-order valence-electron chi connectivity index (χ3n) is 6.87. The van der Waals surface area contributed by atoms with Crippen molar-refractivity contribution in [2.45, 2.75) is 130 Å². The molecule has 2 aromatic rings. The van der Waals surface area contributed by atoms with Crippen LogP contribution in [0.5, 0.6) is 11.5 Å². The molecule has 2 heteroatoms. The highest BCUT2D eigenvalue weighted by Gasteiger charge is 2.26. The average Bonchev–Trinajstić information content (AvgIpc) is 2.63. The molecule has 0 aliphatic rings. The van der Waals surface area contributed by atoms with Gasteiger partial charge in [0.05, 0.1) is 0 Å². The van der Waals surface area contributed by atoms with Crippen molar-refractivity contribution in [2.24, 2.45) is 0 Å². The average molecular weight is 467 g/mol. The lowest BCUT2D eigenvalue weighted by Gasteiger charge is -2.28. The summed E-state index contributed by atoms with van der Waals surface area (Å²) in [5.74, 6) is 0.904. The minimum absolute atomic E-state index is 0.0327. The number of rotatable bonds is 5. The van der Waals surface area contributed by atoms with E-state index in [0.29, 0.717) is 11.5 Å². The molecule has 0 unspecified atom stereocenters. The maximum absolute atomic E-state index is 11.1. The first-order valence-electron chi connectivity index (χ1n) is 13.0. The molecule has 0 saturated heterocycles. The Hall–Kier alpha value is -1.96. The van der Waals surface area contributed by atoms with Gasteiger partial charge < -0.3 is 10.2 Å². The quantitative estimate of drug-likeness (QED) is 0.432. The molecular weight excluding hydrogens is 416 g/mol. The highest BCUT2D eigenvalue weighted by Crippen LogP contribution is 2.40. The summed E-state index contributed by atoms with van der Waals surface area (Å²) in [5, 5.41) is 22.2.